The molecular formula is C68H123N2O7P. The number of ether oxygens (including phenoxy) is 1. The highest BCUT2D eigenvalue weighted by Crippen LogP contribution is 2.38. The number of unbranched alkanes of at least 4 members (excludes halogenated alkanes) is 30. The summed E-state index contributed by atoms with van der Waals surface area (Å²) in [5, 5.41) is 3.02. The second-order valence-corrected chi connectivity index (χ2v) is 24.3. The fraction of sp³-hybridized carbons (Fsp3) is 0.765. The molecule has 9 nitrogen and oxygen atoms in total. The molecule has 0 aliphatic heterocycles. The maximum Gasteiger partial charge on any atom is 0.306 e. The number of hydrogen-bond acceptors (Lipinski definition) is 7. The molecule has 0 saturated carbocycles. The van der Waals surface area contributed by atoms with Crippen LogP contribution in [-0.4, -0.2) is 69.4 Å². The van der Waals surface area contributed by atoms with Crippen molar-refractivity contribution in [3.05, 3.63) is 85.1 Å². The third kappa shape index (κ3) is 57.9. The minimum absolute atomic E-state index is 0.0301. The summed E-state index contributed by atoms with van der Waals surface area (Å²) in [6.07, 6.45) is 75.4. The van der Waals surface area contributed by atoms with Gasteiger partial charge in [0, 0.05) is 12.8 Å². The number of hydrogen-bond donors (Lipinski definition) is 1. The molecule has 0 aliphatic rings. The Hall–Kier alpha value is -2.81. The normalized spacial score (nSPS) is 14.2. The number of carbonyl (C=O) groups excluding carboxylic acids is 2. The Bertz CT molecular complexity index is 1610. The van der Waals surface area contributed by atoms with E-state index in [4.69, 9.17) is 13.8 Å². The summed E-state index contributed by atoms with van der Waals surface area (Å²) in [5.74, 6) is -0.565. The van der Waals surface area contributed by atoms with E-state index in [1.807, 2.05) is 33.3 Å². The van der Waals surface area contributed by atoms with Gasteiger partial charge in [-0.15, -0.1) is 0 Å². The zero-order valence-electron chi connectivity index (χ0n) is 51.6. The Morgan fingerprint density at radius 1 is 0.449 bits per heavy atom. The third-order valence-corrected chi connectivity index (χ3v) is 15.0. The third-order valence-electron chi connectivity index (χ3n) is 14.0. The molecule has 0 radical (unpaired) electrons. The fourth-order valence-corrected chi connectivity index (χ4v) is 9.73. The van der Waals surface area contributed by atoms with Gasteiger partial charge >= 0.3 is 5.97 Å². The quantitative estimate of drug-likeness (QED) is 0.0212. The molecule has 78 heavy (non-hydrogen) atoms. The van der Waals surface area contributed by atoms with Crippen LogP contribution in [0.4, 0.5) is 0 Å². The van der Waals surface area contributed by atoms with Gasteiger partial charge in [-0.3, -0.25) is 14.2 Å². The largest absolute Gasteiger partial charge is 0.756 e. The van der Waals surface area contributed by atoms with E-state index in [0.29, 0.717) is 23.9 Å². The van der Waals surface area contributed by atoms with Gasteiger partial charge in [0.2, 0.25) is 5.91 Å². The van der Waals surface area contributed by atoms with Gasteiger partial charge in [-0.05, 0) is 109 Å². The molecule has 1 amide bonds. The Morgan fingerprint density at radius 2 is 0.782 bits per heavy atom. The molecule has 0 heterocycles. The van der Waals surface area contributed by atoms with Crippen LogP contribution in [0.2, 0.25) is 0 Å². The predicted octanol–water partition coefficient (Wildman–Crippen LogP) is 19.5. The number of likely N-dealkylation sites (N-methyl/N-ethyl adjacent to an activating group) is 1. The molecule has 0 spiro atoms. The van der Waals surface area contributed by atoms with Gasteiger partial charge < -0.3 is 28.5 Å². The lowest BCUT2D eigenvalue weighted by Crippen LogP contribution is -2.47. The van der Waals surface area contributed by atoms with E-state index in [2.05, 4.69) is 99.0 Å². The topological polar surface area (TPSA) is 114 Å². The first kappa shape index (κ1) is 75.2. The standard InChI is InChI=1S/C68H123N2O7P/c1-7-10-13-16-19-22-25-28-30-32-34-35-37-38-40-42-45-48-51-54-57-60-67(71)69-65(64-76-78(73,74)75-63-62-70(4,5)6)66(59-56-53-50-47-44-27-24-21-18-15-12-9-3)77-68(72)61-58-55-52-49-46-43-41-39-36-33-31-29-26-23-20-17-14-11-8-2/h19-20,22-23,28-31,34-35,38,40,56,59,65-66H,7-18,21,24-27,32-33,36-37,39,41-55,57-58,60-64H2,1-6H3,(H-,69,71,73,74)/b22-19-,23-20-,30-28-,31-29-,35-34-,40-38-,59-56+. The van der Waals surface area contributed by atoms with Crippen LogP contribution >= 0.6 is 7.82 Å². The van der Waals surface area contributed by atoms with Crippen molar-refractivity contribution in [2.75, 3.05) is 40.9 Å². The predicted molar refractivity (Wildman–Crippen MR) is 335 cm³/mol. The van der Waals surface area contributed by atoms with E-state index in [-0.39, 0.29) is 24.9 Å². The van der Waals surface area contributed by atoms with Crippen LogP contribution in [-0.2, 0) is 27.9 Å². The van der Waals surface area contributed by atoms with Crippen LogP contribution < -0.4 is 10.2 Å². The molecule has 3 unspecified atom stereocenters. The van der Waals surface area contributed by atoms with Crippen molar-refractivity contribution < 1.29 is 37.3 Å². The van der Waals surface area contributed by atoms with E-state index in [9.17, 15) is 19.0 Å². The van der Waals surface area contributed by atoms with Crippen molar-refractivity contribution in [3.63, 3.8) is 0 Å². The summed E-state index contributed by atoms with van der Waals surface area (Å²) in [4.78, 5) is 40.1. The van der Waals surface area contributed by atoms with E-state index < -0.39 is 26.6 Å². The first-order valence-electron chi connectivity index (χ1n) is 32.4. The van der Waals surface area contributed by atoms with Gasteiger partial charge in [0.1, 0.15) is 19.3 Å². The molecular weight excluding hydrogens is 988 g/mol. The van der Waals surface area contributed by atoms with Crippen molar-refractivity contribution in [2.45, 2.75) is 296 Å². The number of phosphoric ester groups is 1. The van der Waals surface area contributed by atoms with Crippen molar-refractivity contribution in [1.29, 1.82) is 0 Å². The summed E-state index contributed by atoms with van der Waals surface area (Å²) in [6, 6.07) is -0.904. The molecule has 0 aliphatic carbocycles. The van der Waals surface area contributed by atoms with Gasteiger partial charge in [0.15, 0.2) is 0 Å². The number of phosphoric acid groups is 1. The van der Waals surface area contributed by atoms with Gasteiger partial charge in [-0.1, -0.05) is 247 Å². The molecule has 10 heteroatoms. The second-order valence-electron chi connectivity index (χ2n) is 22.9. The monoisotopic (exact) mass is 1110 g/mol. The summed E-state index contributed by atoms with van der Waals surface area (Å²) < 4.78 is 30.3. The van der Waals surface area contributed by atoms with E-state index in [1.165, 1.54) is 135 Å². The van der Waals surface area contributed by atoms with E-state index >= 15 is 0 Å². The zero-order valence-corrected chi connectivity index (χ0v) is 52.5. The number of rotatable bonds is 58. The van der Waals surface area contributed by atoms with Crippen LogP contribution in [0.25, 0.3) is 0 Å². The molecule has 0 bridgehead atoms. The number of nitrogens with one attached hydrogen (secondary N) is 1. The number of carbonyl (C=O) groups is 2. The van der Waals surface area contributed by atoms with Crippen molar-refractivity contribution >= 4 is 19.7 Å². The minimum atomic E-state index is -4.71. The molecule has 0 fully saturated rings. The highest BCUT2D eigenvalue weighted by atomic mass is 31.2. The Balaban J connectivity index is 5.26. The number of amides is 1. The van der Waals surface area contributed by atoms with Gasteiger partial charge in [0.25, 0.3) is 7.82 Å². The SMILES string of the molecule is CCCCC/C=C\C/C=C\C/C=C\C/C=C\CCCCCCCC(=O)NC(COP(=O)([O-])OCC[N+](C)(C)C)C(/C=C/CCCCCCCCCCCC)OC(=O)CCCCCCCCCCC/C=C\C/C=C\CCCCC. The Morgan fingerprint density at radius 3 is 1.19 bits per heavy atom. The lowest BCUT2D eigenvalue weighted by Gasteiger charge is -2.30. The average molecular weight is 1110 g/mol. The lowest BCUT2D eigenvalue weighted by molar-refractivity contribution is -0.870. The maximum absolute atomic E-state index is 13.5. The molecule has 452 valence electrons. The molecule has 0 rings (SSSR count). The summed E-state index contributed by atoms with van der Waals surface area (Å²) in [5.41, 5.74) is 0. The maximum atomic E-state index is 13.5. The number of esters is 1. The smallest absolute Gasteiger partial charge is 0.306 e. The van der Waals surface area contributed by atoms with Crippen LogP contribution in [0.3, 0.4) is 0 Å². The minimum Gasteiger partial charge on any atom is -0.756 e. The molecule has 0 aromatic rings. The summed E-state index contributed by atoms with van der Waals surface area (Å²) >= 11 is 0. The van der Waals surface area contributed by atoms with Crippen LogP contribution in [0.1, 0.15) is 284 Å². The fourth-order valence-electron chi connectivity index (χ4n) is 9.01. The summed E-state index contributed by atoms with van der Waals surface area (Å²) in [6.45, 7) is 6.78. The first-order chi connectivity index (χ1) is 37.9. The molecule has 3 atom stereocenters. The average Bonchev–Trinajstić information content (AvgIpc) is 3.40. The molecule has 1 N–H and O–H groups in total. The first-order valence-corrected chi connectivity index (χ1v) is 33.9. The van der Waals surface area contributed by atoms with Crippen LogP contribution in [0.5, 0.6) is 0 Å². The highest BCUT2D eigenvalue weighted by Gasteiger charge is 2.27. The molecule has 0 saturated heterocycles. The zero-order chi connectivity index (χ0) is 57.2. The van der Waals surface area contributed by atoms with Gasteiger partial charge in [0.05, 0.1) is 33.8 Å². The Kier molecular flexibility index (Phi) is 55.4. The van der Waals surface area contributed by atoms with Gasteiger partial charge in [-0.25, -0.2) is 0 Å². The van der Waals surface area contributed by atoms with Gasteiger partial charge in [-0.2, -0.15) is 0 Å². The second kappa shape index (κ2) is 57.4. The van der Waals surface area contributed by atoms with Crippen molar-refractivity contribution in [3.8, 4) is 0 Å². The molecule has 0 aromatic carbocycles. The van der Waals surface area contributed by atoms with Crippen molar-refractivity contribution in [2.24, 2.45) is 0 Å². The highest BCUT2D eigenvalue weighted by molar-refractivity contribution is 7.45. The van der Waals surface area contributed by atoms with Crippen LogP contribution in [0, 0.1) is 0 Å². The van der Waals surface area contributed by atoms with E-state index in [1.54, 1.807) is 0 Å². The Labute approximate surface area is 482 Å². The van der Waals surface area contributed by atoms with E-state index in [0.717, 1.165) is 109 Å². The van der Waals surface area contributed by atoms with Crippen molar-refractivity contribution in [1.82, 2.24) is 5.32 Å². The lowest BCUT2D eigenvalue weighted by atomic mass is 10.0. The van der Waals surface area contributed by atoms with Crippen LogP contribution in [0.15, 0.2) is 85.1 Å². The number of quaternary nitrogens is 1. The summed E-state index contributed by atoms with van der Waals surface area (Å²) in [7, 11) is 1.16. The number of nitrogens with zero attached hydrogens (tertiary/aromatic N) is 1. The number of allylic oxidation sites excluding steroid dienone is 13. The molecule has 0 aromatic heterocycles.